The molecule has 1 aromatic heterocycles. The van der Waals surface area contributed by atoms with E-state index in [2.05, 4.69) is 10.3 Å². The van der Waals surface area contributed by atoms with E-state index in [1.807, 2.05) is 0 Å². The third-order valence-electron chi connectivity index (χ3n) is 2.43. The molecule has 0 spiro atoms. The minimum Gasteiger partial charge on any atom is -0.478 e. The number of rotatable bonds is 3. The van der Waals surface area contributed by atoms with Crippen molar-refractivity contribution in [3.63, 3.8) is 0 Å². The molecule has 0 radical (unpaired) electrons. The Bertz CT molecular complexity index is 700. The first-order valence-corrected chi connectivity index (χ1v) is 5.64. The number of hydrogen-bond acceptors (Lipinski definition) is 2. The third kappa shape index (κ3) is 2.77. The largest absolute Gasteiger partial charge is 0.478 e. The molecule has 0 saturated carbocycles. The van der Waals surface area contributed by atoms with Gasteiger partial charge in [-0.3, -0.25) is 4.79 Å². The van der Waals surface area contributed by atoms with Crippen molar-refractivity contribution < 1.29 is 23.5 Å². The number of amides is 1. The highest BCUT2D eigenvalue weighted by Crippen LogP contribution is 2.20. The van der Waals surface area contributed by atoms with Gasteiger partial charge in [-0.1, -0.05) is 11.6 Å². The minimum absolute atomic E-state index is 0.0515. The Hall–Kier alpha value is -2.41. The molecule has 1 heterocycles. The molecule has 1 amide bonds. The highest BCUT2D eigenvalue weighted by Gasteiger charge is 2.17. The summed E-state index contributed by atoms with van der Waals surface area (Å²) in [4.78, 5) is 25.0. The van der Waals surface area contributed by atoms with Crippen molar-refractivity contribution >= 4 is 29.2 Å². The van der Waals surface area contributed by atoms with Gasteiger partial charge in [-0.15, -0.1) is 0 Å². The number of carboxylic acid groups (broad SMARTS) is 1. The van der Waals surface area contributed by atoms with Gasteiger partial charge in [0.1, 0.15) is 17.3 Å². The summed E-state index contributed by atoms with van der Waals surface area (Å²) < 4.78 is 26.7. The molecule has 0 aliphatic rings. The molecule has 2 rings (SSSR count). The lowest BCUT2D eigenvalue weighted by molar-refractivity contribution is 0.0691. The van der Waals surface area contributed by atoms with Gasteiger partial charge in [0.15, 0.2) is 0 Å². The molecule has 0 aliphatic carbocycles. The predicted molar refractivity (Wildman–Crippen MR) is 67.1 cm³/mol. The van der Waals surface area contributed by atoms with Gasteiger partial charge in [-0.05, 0) is 12.1 Å². The van der Waals surface area contributed by atoms with E-state index in [9.17, 15) is 18.4 Å². The molecule has 3 N–H and O–H groups in total. The molecule has 0 saturated heterocycles. The van der Waals surface area contributed by atoms with E-state index < -0.39 is 34.8 Å². The lowest BCUT2D eigenvalue weighted by Crippen LogP contribution is -2.14. The number of nitrogens with one attached hydrogen (secondary N) is 2. The van der Waals surface area contributed by atoms with Crippen molar-refractivity contribution in [2.45, 2.75) is 0 Å². The van der Waals surface area contributed by atoms with E-state index >= 15 is 0 Å². The maximum atomic E-state index is 13.5. The van der Waals surface area contributed by atoms with E-state index in [4.69, 9.17) is 16.7 Å². The smallest absolute Gasteiger partial charge is 0.338 e. The van der Waals surface area contributed by atoms with Crippen LogP contribution >= 0.6 is 11.6 Å². The van der Waals surface area contributed by atoms with Crippen LogP contribution in [0.25, 0.3) is 0 Å². The molecule has 0 unspecified atom stereocenters. The van der Waals surface area contributed by atoms with E-state index in [1.165, 1.54) is 12.3 Å². The second-order valence-corrected chi connectivity index (χ2v) is 4.24. The second kappa shape index (κ2) is 5.30. The number of H-pyrrole nitrogens is 1. The Morgan fingerprint density at radius 3 is 2.45 bits per heavy atom. The molecule has 104 valence electrons. The van der Waals surface area contributed by atoms with Crippen LogP contribution in [-0.2, 0) is 0 Å². The fourth-order valence-corrected chi connectivity index (χ4v) is 1.66. The number of aromatic amines is 1. The standard InChI is InChI=1S/C12H7ClF2N2O3/c13-5-1-10(16-4-5)11(18)17-9-2-6(12(19)20)7(14)3-8(9)15/h1-4,16H,(H,17,18)(H,19,20). The molecule has 0 bridgehead atoms. The fraction of sp³-hybridized carbons (Fsp3) is 0. The minimum atomic E-state index is -1.57. The van der Waals surface area contributed by atoms with E-state index in [0.717, 1.165) is 0 Å². The highest BCUT2D eigenvalue weighted by molar-refractivity contribution is 6.31. The molecule has 0 atom stereocenters. The number of carboxylic acids is 1. The van der Waals surface area contributed by atoms with Crippen LogP contribution in [0.2, 0.25) is 5.02 Å². The van der Waals surface area contributed by atoms with Crippen molar-refractivity contribution in [3.05, 3.63) is 52.3 Å². The normalized spacial score (nSPS) is 10.3. The van der Waals surface area contributed by atoms with Crippen molar-refractivity contribution in [1.29, 1.82) is 0 Å². The average molecular weight is 301 g/mol. The SMILES string of the molecule is O=C(Nc1cc(C(=O)O)c(F)cc1F)c1cc(Cl)c[nH]1. The van der Waals surface area contributed by atoms with Gasteiger partial charge >= 0.3 is 5.97 Å². The van der Waals surface area contributed by atoms with Crippen molar-refractivity contribution in [2.75, 3.05) is 5.32 Å². The van der Waals surface area contributed by atoms with Crippen molar-refractivity contribution in [3.8, 4) is 0 Å². The van der Waals surface area contributed by atoms with Crippen molar-refractivity contribution in [1.82, 2.24) is 4.98 Å². The van der Waals surface area contributed by atoms with E-state index in [-0.39, 0.29) is 10.7 Å². The van der Waals surface area contributed by atoms with Gasteiger partial charge in [0.2, 0.25) is 0 Å². The van der Waals surface area contributed by atoms with Gasteiger partial charge in [-0.2, -0.15) is 0 Å². The Balaban J connectivity index is 2.31. The van der Waals surface area contributed by atoms with Crippen LogP contribution in [0.3, 0.4) is 0 Å². The quantitative estimate of drug-likeness (QED) is 0.815. The van der Waals surface area contributed by atoms with Gasteiger partial charge in [0.25, 0.3) is 5.91 Å². The highest BCUT2D eigenvalue weighted by atomic mass is 35.5. The first kappa shape index (κ1) is 14.0. The fourth-order valence-electron chi connectivity index (χ4n) is 1.50. The van der Waals surface area contributed by atoms with Crippen LogP contribution in [0, 0.1) is 11.6 Å². The Labute approximate surface area is 116 Å². The van der Waals surface area contributed by atoms with Crippen LogP contribution in [0.4, 0.5) is 14.5 Å². The number of carbonyl (C=O) groups is 2. The maximum absolute atomic E-state index is 13.5. The van der Waals surface area contributed by atoms with Crippen LogP contribution < -0.4 is 5.32 Å². The third-order valence-corrected chi connectivity index (χ3v) is 2.65. The summed E-state index contributed by atoms with van der Waals surface area (Å²) in [5.74, 6) is -4.62. The summed E-state index contributed by atoms with van der Waals surface area (Å²) in [6.07, 6.45) is 1.35. The van der Waals surface area contributed by atoms with E-state index in [1.54, 1.807) is 0 Å². The van der Waals surface area contributed by atoms with Gasteiger partial charge < -0.3 is 15.4 Å². The number of benzene rings is 1. The molecular formula is C12H7ClF2N2O3. The predicted octanol–water partition coefficient (Wildman–Crippen LogP) is 2.90. The first-order chi connectivity index (χ1) is 9.38. The zero-order valence-corrected chi connectivity index (χ0v) is 10.5. The lowest BCUT2D eigenvalue weighted by Gasteiger charge is -2.07. The topological polar surface area (TPSA) is 82.2 Å². The Kier molecular flexibility index (Phi) is 3.71. The summed E-state index contributed by atoms with van der Waals surface area (Å²) in [6, 6.07) is 2.40. The van der Waals surface area contributed by atoms with Crippen LogP contribution in [0.1, 0.15) is 20.8 Å². The number of aromatic nitrogens is 1. The molecule has 2 aromatic rings. The number of halogens is 3. The van der Waals surface area contributed by atoms with Crippen LogP contribution in [0.15, 0.2) is 24.4 Å². The zero-order chi connectivity index (χ0) is 14.9. The van der Waals surface area contributed by atoms with E-state index in [0.29, 0.717) is 12.1 Å². The summed E-state index contributed by atoms with van der Waals surface area (Å²) in [5.41, 5.74) is -1.14. The summed E-state index contributed by atoms with van der Waals surface area (Å²) in [6.45, 7) is 0. The Morgan fingerprint density at radius 2 is 1.90 bits per heavy atom. The summed E-state index contributed by atoms with van der Waals surface area (Å²) >= 11 is 5.61. The zero-order valence-electron chi connectivity index (χ0n) is 9.71. The molecule has 5 nitrogen and oxygen atoms in total. The van der Waals surface area contributed by atoms with Crippen LogP contribution in [0.5, 0.6) is 0 Å². The molecule has 20 heavy (non-hydrogen) atoms. The number of carbonyl (C=O) groups excluding carboxylic acids is 1. The van der Waals surface area contributed by atoms with Gasteiger partial charge in [-0.25, -0.2) is 13.6 Å². The molecule has 8 heteroatoms. The summed E-state index contributed by atoms with van der Waals surface area (Å²) in [5, 5.41) is 11.1. The number of aromatic carboxylic acids is 1. The summed E-state index contributed by atoms with van der Waals surface area (Å²) in [7, 11) is 0. The Morgan fingerprint density at radius 1 is 1.20 bits per heavy atom. The lowest BCUT2D eigenvalue weighted by atomic mass is 10.1. The molecular weight excluding hydrogens is 294 g/mol. The monoisotopic (exact) mass is 300 g/mol. The van der Waals surface area contributed by atoms with Crippen LogP contribution in [-0.4, -0.2) is 22.0 Å². The number of hydrogen-bond donors (Lipinski definition) is 3. The van der Waals surface area contributed by atoms with Crippen molar-refractivity contribution in [2.24, 2.45) is 0 Å². The first-order valence-electron chi connectivity index (χ1n) is 5.26. The molecule has 0 fully saturated rings. The molecule has 0 aliphatic heterocycles. The van der Waals surface area contributed by atoms with Gasteiger partial charge in [0, 0.05) is 12.3 Å². The number of anilines is 1. The second-order valence-electron chi connectivity index (χ2n) is 3.80. The average Bonchev–Trinajstić information content (AvgIpc) is 2.79. The molecule has 1 aromatic carbocycles. The maximum Gasteiger partial charge on any atom is 0.338 e. The van der Waals surface area contributed by atoms with Gasteiger partial charge in [0.05, 0.1) is 16.3 Å².